The molecule has 22 heavy (non-hydrogen) atoms. The number of carbonyl (C=O) groups is 1. The second kappa shape index (κ2) is 5.81. The second-order valence-corrected chi connectivity index (χ2v) is 6.89. The summed E-state index contributed by atoms with van der Waals surface area (Å²) in [5.41, 5.74) is 2.79. The zero-order chi connectivity index (χ0) is 16.5. The number of benzene rings is 2. The van der Waals surface area contributed by atoms with E-state index in [-0.39, 0.29) is 10.5 Å². The summed E-state index contributed by atoms with van der Waals surface area (Å²) >= 11 is 0. The predicted molar refractivity (Wildman–Crippen MR) is 84.9 cm³/mol. The lowest BCUT2D eigenvalue weighted by Gasteiger charge is -2.12. The largest absolute Gasteiger partial charge is 0.478 e. The van der Waals surface area contributed by atoms with Crippen LogP contribution < -0.4 is 4.72 Å². The fourth-order valence-corrected chi connectivity index (χ4v) is 3.29. The average Bonchev–Trinajstić information content (AvgIpc) is 2.42. The standard InChI is InChI=1S/C16H17NO4S/c1-10-4-7-15(12(3)8-10)17-22(20,21)13-6-5-11(2)14(9-13)16(18)19/h4-9,17H,1-3H3,(H,18,19). The highest BCUT2D eigenvalue weighted by atomic mass is 32.2. The van der Waals surface area contributed by atoms with Gasteiger partial charge in [0.05, 0.1) is 16.1 Å². The van der Waals surface area contributed by atoms with Gasteiger partial charge >= 0.3 is 5.97 Å². The fraction of sp³-hybridized carbons (Fsp3) is 0.188. The molecule has 116 valence electrons. The quantitative estimate of drug-likeness (QED) is 0.907. The minimum absolute atomic E-state index is 0.0245. The number of carboxylic acids is 1. The zero-order valence-corrected chi connectivity index (χ0v) is 13.4. The summed E-state index contributed by atoms with van der Waals surface area (Å²) in [5, 5.41) is 9.10. The topological polar surface area (TPSA) is 83.5 Å². The number of nitrogens with one attached hydrogen (secondary N) is 1. The van der Waals surface area contributed by atoms with Crippen LogP contribution in [0.25, 0.3) is 0 Å². The van der Waals surface area contributed by atoms with Crippen LogP contribution >= 0.6 is 0 Å². The number of carboxylic acid groups (broad SMARTS) is 1. The van der Waals surface area contributed by atoms with Crippen molar-refractivity contribution in [3.8, 4) is 0 Å². The maximum Gasteiger partial charge on any atom is 0.335 e. The van der Waals surface area contributed by atoms with Crippen molar-refractivity contribution in [3.63, 3.8) is 0 Å². The monoisotopic (exact) mass is 319 g/mol. The molecule has 0 spiro atoms. The Kier molecular flexibility index (Phi) is 4.23. The normalized spacial score (nSPS) is 11.2. The third kappa shape index (κ3) is 3.28. The van der Waals surface area contributed by atoms with Gasteiger partial charge in [0, 0.05) is 0 Å². The summed E-state index contributed by atoms with van der Waals surface area (Å²) in [5.74, 6) is -1.15. The van der Waals surface area contributed by atoms with Crippen molar-refractivity contribution >= 4 is 21.7 Å². The van der Waals surface area contributed by atoms with E-state index in [9.17, 15) is 13.2 Å². The summed E-state index contributed by atoms with van der Waals surface area (Å²) in [7, 11) is -3.83. The minimum Gasteiger partial charge on any atom is -0.478 e. The average molecular weight is 319 g/mol. The molecule has 0 aliphatic heterocycles. The number of anilines is 1. The van der Waals surface area contributed by atoms with Gasteiger partial charge in [-0.2, -0.15) is 0 Å². The lowest BCUT2D eigenvalue weighted by molar-refractivity contribution is 0.0696. The van der Waals surface area contributed by atoms with Crippen LogP contribution in [0.1, 0.15) is 27.0 Å². The number of rotatable bonds is 4. The lowest BCUT2D eigenvalue weighted by atomic mass is 10.1. The van der Waals surface area contributed by atoms with Gasteiger partial charge in [0.2, 0.25) is 0 Å². The molecule has 5 nitrogen and oxygen atoms in total. The van der Waals surface area contributed by atoms with Crippen molar-refractivity contribution in [2.45, 2.75) is 25.7 Å². The van der Waals surface area contributed by atoms with Gasteiger partial charge in [0.15, 0.2) is 0 Å². The maximum absolute atomic E-state index is 12.4. The van der Waals surface area contributed by atoms with Crippen molar-refractivity contribution in [2.24, 2.45) is 0 Å². The first kappa shape index (κ1) is 16.0. The molecule has 0 fully saturated rings. The SMILES string of the molecule is Cc1ccc(NS(=O)(=O)c2ccc(C)c(C(=O)O)c2)c(C)c1. The predicted octanol–water partition coefficient (Wildman–Crippen LogP) is 3.11. The van der Waals surface area contributed by atoms with E-state index in [0.717, 1.165) is 11.1 Å². The van der Waals surface area contributed by atoms with Crippen molar-refractivity contribution < 1.29 is 18.3 Å². The maximum atomic E-state index is 12.4. The summed E-state index contributed by atoms with van der Waals surface area (Å²) in [4.78, 5) is 11.1. The molecule has 0 atom stereocenters. The number of hydrogen-bond acceptors (Lipinski definition) is 3. The molecular weight excluding hydrogens is 302 g/mol. The van der Waals surface area contributed by atoms with Crippen molar-refractivity contribution in [1.82, 2.24) is 0 Å². The highest BCUT2D eigenvalue weighted by molar-refractivity contribution is 7.92. The molecule has 6 heteroatoms. The molecule has 0 bridgehead atoms. The lowest BCUT2D eigenvalue weighted by Crippen LogP contribution is -2.15. The van der Waals surface area contributed by atoms with Crippen LogP contribution in [0, 0.1) is 20.8 Å². The molecule has 2 N–H and O–H groups in total. The van der Waals surface area contributed by atoms with E-state index in [0.29, 0.717) is 11.3 Å². The summed E-state index contributed by atoms with van der Waals surface area (Å²) in [6, 6.07) is 9.42. The zero-order valence-electron chi connectivity index (χ0n) is 12.5. The van der Waals surface area contributed by atoms with Gasteiger partial charge in [-0.1, -0.05) is 23.8 Å². The number of sulfonamides is 1. The van der Waals surface area contributed by atoms with Crippen LogP contribution in [0.4, 0.5) is 5.69 Å². The highest BCUT2D eigenvalue weighted by Gasteiger charge is 2.18. The number of aryl methyl sites for hydroxylation is 3. The Morgan fingerprint density at radius 3 is 2.27 bits per heavy atom. The van der Waals surface area contributed by atoms with Crippen molar-refractivity contribution in [2.75, 3.05) is 4.72 Å². The third-order valence-electron chi connectivity index (χ3n) is 3.38. The summed E-state index contributed by atoms with van der Waals surface area (Å²) in [6.07, 6.45) is 0. The molecule has 0 heterocycles. The first-order valence-electron chi connectivity index (χ1n) is 6.65. The Balaban J connectivity index is 2.42. The van der Waals surface area contributed by atoms with Gasteiger partial charge in [-0.25, -0.2) is 13.2 Å². The van der Waals surface area contributed by atoms with Gasteiger partial charge in [0.1, 0.15) is 0 Å². The second-order valence-electron chi connectivity index (χ2n) is 5.21. The molecule has 0 saturated heterocycles. The smallest absolute Gasteiger partial charge is 0.335 e. The summed E-state index contributed by atoms with van der Waals surface area (Å²) < 4.78 is 27.3. The fourth-order valence-electron chi connectivity index (χ4n) is 2.13. The molecule has 0 radical (unpaired) electrons. The van der Waals surface area contributed by atoms with E-state index in [1.807, 2.05) is 26.0 Å². The van der Waals surface area contributed by atoms with Crippen LogP contribution in [-0.4, -0.2) is 19.5 Å². The molecule has 0 aromatic heterocycles. The molecule has 2 aromatic rings. The Morgan fingerprint density at radius 2 is 1.68 bits per heavy atom. The van der Waals surface area contributed by atoms with Crippen molar-refractivity contribution in [1.29, 1.82) is 0 Å². The van der Waals surface area contributed by atoms with Gasteiger partial charge < -0.3 is 5.11 Å². The van der Waals surface area contributed by atoms with E-state index in [2.05, 4.69) is 4.72 Å². The number of hydrogen-bond donors (Lipinski definition) is 2. The van der Waals surface area contributed by atoms with Crippen LogP contribution in [0.5, 0.6) is 0 Å². The Labute approximate surface area is 129 Å². The van der Waals surface area contributed by atoms with E-state index >= 15 is 0 Å². The Morgan fingerprint density at radius 1 is 1.00 bits per heavy atom. The van der Waals surface area contributed by atoms with Gasteiger partial charge in [-0.05, 0) is 50.1 Å². The van der Waals surface area contributed by atoms with Crippen LogP contribution in [0.2, 0.25) is 0 Å². The molecule has 0 saturated carbocycles. The van der Waals surface area contributed by atoms with E-state index in [1.165, 1.54) is 18.2 Å². The molecule has 2 rings (SSSR count). The molecule has 2 aromatic carbocycles. The molecule has 0 amide bonds. The van der Waals surface area contributed by atoms with E-state index in [1.54, 1.807) is 13.0 Å². The van der Waals surface area contributed by atoms with E-state index < -0.39 is 16.0 Å². The van der Waals surface area contributed by atoms with Crippen molar-refractivity contribution in [3.05, 3.63) is 58.7 Å². The van der Waals surface area contributed by atoms with Crippen LogP contribution in [-0.2, 0) is 10.0 Å². The van der Waals surface area contributed by atoms with Crippen LogP contribution in [0.3, 0.4) is 0 Å². The summed E-state index contributed by atoms with van der Waals surface area (Å²) in [6.45, 7) is 5.35. The molecule has 0 unspecified atom stereocenters. The van der Waals surface area contributed by atoms with Gasteiger partial charge in [-0.3, -0.25) is 4.72 Å². The Bertz CT molecular complexity index is 841. The molecule has 0 aliphatic carbocycles. The first-order valence-corrected chi connectivity index (χ1v) is 8.13. The first-order chi connectivity index (χ1) is 10.2. The molecular formula is C16H17NO4S. The number of aromatic carboxylic acids is 1. The third-order valence-corrected chi connectivity index (χ3v) is 4.74. The molecule has 0 aliphatic rings. The highest BCUT2D eigenvalue weighted by Crippen LogP contribution is 2.22. The van der Waals surface area contributed by atoms with Gasteiger partial charge in [-0.15, -0.1) is 0 Å². The minimum atomic E-state index is -3.83. The van der Waals surface area contributed by atoms with Gasteiger partial charge in [0.25, 0.3) is 10.0 Å². The Hall–Kier alpha value is -2.34. The van der Waals surface area contributed by atoms with E-state index in [4.69, 9.17) is 5.11 Å². The van der Waals surface area contributed by atoms with Crippen LogP contribution in [0.15, 0.2) is 41.3 Å².